The minimum Gasteiger partial charge on any atom is -0.494 e. The van der Waals surface area contributed by atoms with E-state index in [0.29, 0.717) is 24.8 Å². The van der Waals surface area contributed by atoms with Crippen LogP contribution in [0.25, 0.3) is 0 Å². The summed E-state index contributed by atoms with van der Waals surface area (Å²) in [5, 5.41) is 0. The molecule has 2 N–H and O–H groups in total. The highest BCUT2D eigenvalue weighted by atomic mass is 19.1. The molecule has 3 nitrogen and oxygen atoms in total. The normalized spacial score (nSPS) is 12.5. The van der Waals surface area contributed by atoms with Crippen LogP contribution in [0.5, 0.6) is 5.75 Å². The topological polar surface area (TPSA) is 52.3 Å². The molecule has 0 fully saturated rings. The van der Waals surface area contributed by atoms with Crippen molar-refractivity contribution in [2.75, 3.05) is 13.7 Å². The number of ether oxygens (including phenoxy) is 1. The monoisotopic (exact) mass is 281 g/mol. The van der Waals surface area contributed by atoms with Gasteiger partial charge in [0.1, 0.15) is 0 Å². The number of rotatable bonds is 8. The molecule has 0 spiro atoms. The lowest BCUT2D eigenvalue weighted by atomic mass is 9.87. The van der Waals surface area contributed by atoms with E-state index < -0.39 is 5.82 Å². The van der Waals surface area contributed by atoms with Crippen LogP contribution in [0.3, 0.4) is 0 Å². The molecule has 0 saturated heterocycles. The van der Waals surface area contributed by atoms with Crippen LogP contribution in [0.4, 0.5) is 4.39 Å². The predicted molar refractivity (Wildman–Crippen MR) is 78.5 cm³/mol. The molecule has 1 atom stereocenters. The van der Waals surface area contributed by atoms with E-state index in [1.807, 2.05) is 0 Å². The Morgan fingerprint density at radius 1 is 1.35 bits per heavy atom. The van der Waals surface area contributed by atoms with Gasteiger partial charge < -0.3 is 10.5 Å². The van der Waals surface area contributed by atoms with E-state index >= 15 is 0 Å². The van der Waals surface area contributed by atoms with Crippen LogP contribution in [0.15, 0.2) is 18.2 Å². The molecule has 0 amide bonds. The average Bonchev–Trinajstić information content (AvgIpc) is 2.43. The number of nitrogens with two attached hydrogens (primary N) is 1. The molecular formula is C16H24FNO2. The molecule has 0 aliphatic carbocycles. The number of benzene rings is 1. The molecular weight excluding hydrogens is 257 g/mol. The molecule has 0 saturated carbocycles. The lowest BCUT2D eigenvalue weighted by Gasteiger charge is -2.19. The summed E-state index contributed by atoms with van der Waals surface area (Å²) >= 11 is 0. The fraction of sp³-hybridized carbons (Fsp3) is 0.562. The van der Waals surface area contributed by atoms with E-state index in [4.69, 9.17) is 10.5 Å². The summed E-state index contributed by atoms with van der Waals surface area (Å²) < 4.78 is 18.9. The zero-order valence-corrected chi connectivity index (χ0v) is 12.5. The summed E-state index contributed by atoms with van der Waals surface area (Å²) in [6, 6.07) is 4.65. The maximum Gasteiger partial charge on any atom is 0.175 e. The van der Waals surface area contributed by atoms with Crippen LogP contribution in [-0.4, -0.2) is 19.4 Å². The Hall–Kier alpha value is -1.42. The Morgan fingerprint density at radius 3 is 2.60 bits per heavy atom. The fourth-order valence-corrected chi connectivity index (χ4v) is 2.36. The lowest BCUT2D eigenvalue weighted by molar-refractivity contribution is 0.0964. The smallest absolute Gasteiger partial charge is 0.175 e. The molecule has 1 rings (SSSR count). The van der Waals surface area contributed by atoms with Gasteiger partial charge in [0.25, 0.3) is 0 Å². The standard InChI is InChI=1S/C16H24FNO2/c1-11(2)12(9-10-18)7-8-14(19)13-5-4-6-15(20-3)16(13)17/h4-6,11-12H,7-10,18H2,1-3H3. The van der Waals surface area contributed by atoms with E-state index in [-0.39, 0.29) is 17.1 Å². The molecule has 0 aliphatic rings. The summed E-state index contributed by atoms with van der Waals surface area (Å²) in [7, 11) is 1.39. The average molecular weight is 281 g/mol. The van der Waals surface area contributed by atoms with Gasteiger partial charge in [-0.3, -0.25) is 4.79 Å². The minimum atomic E-state index is -0.570. The summed E-state index contributed by atoms with van der Waals surface area (Å²) in [4.78, 5) is 12.1. The second kappa shape index (κ2) is 8.00. The quantitative estimate of drug-likeness (QED) is 0.743. The van der Waals surface area contributed by atoms with Gasteiger partial charge in [0.15, 0.2) is 17.3 Å². The fourth-order valence-electron chi connectivity index (χ4n) is 2.36. The number of Topliss-reactive ketones (excluding diaryl/α,β-unsaturated/α-hetero) is 1. The second-order valence-corrected chi connectivity index (χ2v) is 5.37. The lowest BCUT2D eigenvalue weighted by Crippen LogP contribution is -2.16. The minimum absolute atomic E-state index is 0.109. The first-order valence-corrected chi connectivity index (χ1v) is 7.07. The summed E-state index contributed by atoms with van der Waals surface area (Å²) in [6.07, 6.45) is 1.98. The maximum absolute atomic E-state index is 14.0. The highest BCUT2D eigenvalue weighted by Crippen LogP contribution is 2.24. The van der Waals surface area contributed by atoms with Crippen molar-refractivity contribution in [2.24, 2.45) is 17.6 Å². The Balaban J connectivity index is 2.72. The van der Waals surface area contributed by atoms with E-state index in [0.717, 1.165) is 12.8 Å². The number of hydrogen-bond acceptors (Lipinski definition) is 3. The molecule has 4 heteroatoms. The number of ketones is 1. The van der Waals surface area contributed by atoms with Gasteiger partial charge in [-0.1, -0.05) is 19.9 Å². The summed E-state index contributed by atoms with van der Waals surface area (Å²) in [5.41, 5.74) is 5.70. The third-order valence-electron chi connectivity index (χ3n) is 3.71. The number of carbonyl (C=O) groups excluding carboxylic acids is 1. The molecule has 1 aromatic carbocycles. The van der Waals surface area contributed by atoms with Gasteiger partial charge in [-0.05, 0) is 43.4 Å². The molecule has 0 bridgehead atoms. The van der Waals surface area contributed by atoms with Crippen molar-refractivity contribution in [1.82, 2.24) is 0 Å². The van der Waals surface area contributed by atoms with Crippen LogP contribution in [0, 0.1) is 17.7 Å². The highest BCUT2D eigenvalue weighted by molar-refractivity contribution is 5.96. The Kier molecular flexibility index (Phi) is 6.65. The Morgan fingerprint density at radius 2 is 2.05 bits per heavy atom. The van der Waals surface area contributed by atoms with Gasteiger partial charge in [0.2, 0.25) is 0 Å². The first kappa shape index (κ1) is 16.6. The van der Waals surface area contributed by atoms with Crippen LogP contribution in [-0.2, 0) is 0 Å². The first-order chi connectivity index (χ1) is 9.51. The van der Waals surface area contributed by atoms with Crippen LogP contribution in [0.1, 0.15) is 43.5 Å². The molecule has 20 heavy (non-hydrogen) atoms. The van der Waals surface area contributed by atoms with Gasteiger partial charge in [-0.15, -0.1) is 0 Å². The first-order valence-electron chi connectivity index (χ1n) is 7.07. The second-order valence-electron chi connectivity index (χ2n) is 5.37. The molecule has 0 heterocycles. The summed E-state index contributed by atoms with van der Waals surface area (Å²) in [6.45, 7) is 4.86. The largest absolute Gasteiger partial charge is 0.494 e. The van der Waals surface area contributed by atoms with Crippen molar-refractivity contribution < 1.29 is 13.9 Å². The summed E-state index contributed by atoms with van der Waals surface area (Å²) in [5.74, 6) is 0.237. The van der Waals surface area contributed by atoms with Crippen LogP contribution >= 0.6 is 0 Å². The van der Waals surface area contributed by atoms with Crippen molar-refractivity contribution in [3.8, 4) is 5.75 Å². The molecule has 1 aromatic rings. The molecule has 1 unspecified atom stereocenters. The van der Waals surface area contributed by atoms with E-state index in [1.165, 1.54) is 19.2 Å². The van der Waals surface area contributed by atoms with Crippen LogP contribution in [0.2, 0.25) is 0 Å². The third-order valence-corrected chi connectivity index (χ3v) is 3.71. The molecule has 0 radical (unpaired) electrons. The molecule has 112 valence electrons. The van der Waals surface area contributed by atoms with Crippen molar-refractivity contribution in [3.63, 3.8) is 0 Å². The molecule has 0 aliphatic heterocycles. The van der Waals surface area contributed by atoms with Crippen molar-refractivity contribution >= 4 is 5.78 Å². The Bertz CT molecular complexity index is 446. The van der Waals surface area contributed by atoms with Crippen molar-refractivity contribution in [3.05, 3.63) is 29.6 Å². The maximum atomic E-state index is 14.0. The number of carbonyl (C=O) groups is 1. The van der Waals surface area contributed by atoms with Gasteiger partial charge >= 0.3 is 0 Å². The Labute approximate surface area is 120 Å². The van der Waals surface area contributed by atoms with Gasteiger partial charge in [0, 0.05) is 6.42 Å². The van der Waals surface area contributed by atoms with Gasteiger partial charge in [-0.2, -0.15) is 0 Å². The molecule has 0 aromatic heterocycles. The highest BCUT2D eigenvalue weighted by Gasteiger charge is 2.18. The van der Waals surface area contributed by atoms with E-state index in [2.05, 4.69) is 13.8 Å². The SMILES string of the molecule is COc1cccc(C(=O)CCC(CCN)C(C)C)c1F. The zero-order chi connectivity index (χ0) is 15.1. The number of methoxy groups -OCH3 is 1. The van der Waals surface area contributed by atoms with Gasteiger partial charge in [0.05, 0.1) is 12.7 Å². The van der Waals surface area contributed by atoms with Crippen molar-refractivity contribution in [2.45, 2.75) is 33.1 Å². The zero-order valence-electron chi connectivity index (χ0n) is 12.5. The number of halogens is 1. The predicted octanol–water partition coefficient (Wildman–Crippen LogP) is 3.42. The van der Waals surface area contributed by atoms with Crippen molar-refractivity contribution in [1.29, 1.82) is 0 Å². The van der Waals surface area contributed by atoms with E-state index in [9.17, 15) is 9.18 Å². The van der Waals surface area contributed by atoms with Crippen LogP contribution < -0.4 is 10.5 Å². The number of hydrogen-bond donors (Lipinski definition) is 1. The van der Waals surface area contributed by atoms with E-state index in [1.54, 1.807) is 6.07 Å². The van der Waals surface area contributed by atoms with Gasteiger partial charge in [-0.25, -0.2) is 4.39 Å². The third kappa shape index (κ3) is 4.30.